The van der Waals surface area contributed by atoms with Gasteiger partial charge in [-0.1, -0.05) is 63.3 Å². The van der Waals surface area contributed by atoms with Gasteiger partial charge in [0.2, 0.25) is 5.91 Å². The molecule has 0 aliphatic rings. The molecule has 2 aromatic carbocycles. The molecule has 6 heteroatoms. The van der Waals surface area contributed by atoms with Crippen molar-refractivity contribution in [2.24, 2.45) is 0 Å². The number of nitrogens with zero attached hydrogens (tertiary/aromatic N) is 2. The molecular weight excluding hydrogens is 480 g/mol. The molecule has 0 bridgehead atoms. The molecule has 0 saturated heterocycles. The average molecular weight is 521 g/mol. The Bertz CT molecular complexity index is 1180. The summed E-state index contributed by atoms with van der Waals surface area (Å²) in [7, 11) is 1.89. The second-order valence-corrected chi connectivity index (χ2v) is 11.9. The molecule has 0 unspecified atom stereocenters. The van der Waals surface area contributed by atoms with Crippen molar-refractivity contribution < 1.29 is 14.7 Å². The Hall–Kier alpha value is -3.09. The maximum absolute atomic E-state index is 13.6. The molecule has 0 radical (unpaired) electrons. The number of carboxylic acids is 1. The van der Waals surface area contributed by atoms with Crippen molar-refractivity contribution in [3.63, 3.8) is 0 Å². The fourth-order valence-electron chi connectivity index (χ4n) is 3.85. The van der Waals surface area contributed by atoms with Gasteiger partial charge in [-0.2, -0.15) is 0 Å². The summed E-state index contributed by atoms with van der Waals surface area (Å²) in [6, 6.07) is 14.7. The van der Waals surface area contributed by atoms with Crippen molar-refractivity contribution in [3.8, 4) is 0 Å². The summed E-state index contributed by atoms with van der Waals surface area (Å²) < 4.78 is 1.91. The molecule has 2 rings (SSSR count). The van der Waals surface area contributed by atoms with E-state index in [4.69, 9.17) is 0 Å². The van der Waals surface area contributed by atoms with Gasteiger partial charge in [0.25, 0.3) is 0 Å². The molecular formula is C31H40N2O3S. The zero-order valence-corrected chi connectivity index (χ0v) is 24.2. The van der Waals surface area contributed by atoms with Crippen molar-refractivity contribution >= 4 is 29.5 Å². The number of hydrogen-bond acceptors (Lipinski definition) is 4. The number of allylic oxidation sites excluding steroid dienone is 4. The number of rotatable bonds is 10. The van der Waals surface area contributed by atoms with E-state index in [1.165, 1.54) is 35.2 Å². The van der Waals surface area contributed by atoms with Crippen LogP contribution in [0.25, 0.3) is 0 Å². The van der Waals surface area contributed by atoms with Gasteiger partial charge in [-0.15, -0.1) is 0 Å². The van der Waals surface area contributed by atoms with Gasteiger partial charge in [-0.25, -0.2) is 9.10 Å². The number of carboxylic acid groups (broad SMARTS) is 1. The van der Waals surface area contributed by atoms with Crippen molar-refractivity contribution in [1.82, 2.24) is 4.31 Å². The maximum atomic E-state index is 13.6. The maximum Gasteiger partial charge on any atom is 0.335 e. The van der Waals surface area contributed by atoms with E-state index in [0.717, 1.165) is 21.6 Å². The van der Waals surface area contributed by atoms with E-state index in [1.807, 2.05) is 18.3 Å². The fraction of sp³-hybridized carbons (Fsp3) is 0.355. The highest BCUT2D eigenvalue weighted by Gasteiger charge is 2.21. The number of hydrogen-bond donors (Lipinski definition) is 1. The fourth-order valence-corrected chi connectivity index (χ4v) is 4.69. The quantitative estimate of drug-likeness (QED) is 0.258. The topological polar surface area (TPSA) is 60.9 Å². The van der Waals surface area contributed by atoms with Crippen LogP contribution in [0.5, 0.6) is 0 Å². The Morgan fingerprint density at radius 2 is 1.54 bits per heavy atom. The van der Waals surface area contributed by atoms with E-state index in [9.17, 15) is 14.7 Å². The number of benzene rings is 2. The normalized spacial score (nSPS) is 12.1. The third-order valence-corrected chi connectivity index (χ3v) is 7.04. The van der Waals surface area contributed by atoms with Gasteiger partial charge < -0.3 is 10.0 Å². The number of amides is 1. The second kappa shape index (κ2) is 12.9. The van der Waals surface area contributed by atoms with Crippen molar-refractivity contribution in [1.29, 1.82) is 0 Å². The first-order valence-corrected chi connectivity index (χ1v) is 13.1. The lowest BCUT2D eigenvalue weighted by Crippen LogP contribution is -2.37. The van der Waals surface area contributed by atoms with Crippen LogP contribution in [-0.2, 0) is 16.8 Å². The van der Waals surface area contributed by atoms with Crippen LogP contribution in [0.15, 0.2) is 82.8 Å². The van der Waals surface area contributed by atoms with Crippen LogP contribution in [-0.4, -0.2) is 34.9 Å². The van der Waals surface area contributed by atoms with E-state index in [2.05, 4.69) is 78.5 Å². The van der Waals surface area contributed by atoms with Gasteiger partial charge in [-0.3, -0.25) is 4.79 Å². The predicted octanol–water partition coefficient (Wildman–Crippen LogP) is 7.61. The molecule has 5 nitrogen and oxygen atoms in total. The average Bonchev–Trinajstić information content (AvgIpc) is 2.80. The number of carbonyl (C=O) groups is 2. The second-order valence-electron chi connectivity index (χ2n) is 10.7. The Balaban J connectivity index is 2.33. The number of carbonyl (C=O) groups excluding carboxylic acids is 1. The Labute approximate surface area is 226 Å². The third kappa shape index (κ3) is 9.06. The van der Waals surface area contributed by atoms with Crippen LogP contribution in [0.1, 0.15) is 70.0 Å². The largest absolute Gasteiger partial charge is 0.478 e. The van der Waals surface area contributed by atoms with E-state index < -0.39 is 5.97 Å². The number of likely N-dealkylation sites (N-methyl/N-ethyl adjacent to an activating group) is 1. The first-order chi connectivity index (χ1) is 17.2. The lowest BCUT2D eigenvalue weighted by molar-refractivity contribution is -0.118. The predicted molar refractivity (Wildman–Crippen MR) is 157 cm³/mol. The molecule has 0 aromatic heterocycles. The molecule has 0 fully saturated rings. The number of aromatic carboxylic acids is 1. The van der Waals surface area contributed by atoms with Crippen LogP contribution in [0, 0.1) is 0 Å². The van der Waals surface area contributed by atoms with E-state index in [1.54, 1.807) is 17.0 Å². The van der Waals surface area contributed by atoms with Gasteiger partial charge in [0, 0.05) is 10.6 Å². The zero-order valence-electron chi connectivity index (χ0n) is 23.4. The van der Waals surface area contributed by atoms with Crippen LogP contribution >= 0.6 is 11.9 Å². The highest BCUT2D eigenvalue weighted by Crippen LogP contribution is 2.30. The minimum Gasteiger partial charge on any atom is -0.478 e. The van der Waals surface area contributed by atoms with E-state index in [0.29, 0.717) is 12.2 Å². The standard InChI is InChI=1S/C31H40N2O3S/c1-21(2)18-23(5)29(22(3)4)37-32(9)20-28(34)33(27-16-12-25(13-17-27)30(35)36)19-24-10-14-26(15-11-24)31(6,7)8/h10-18H,3,19-20H2,1-2,4-9H3,(H,35,36)/b29-23+. The van der Waals surface area contributed by atoms with Gasteiger partial charge in [0.15, 0.2) is 0 Å². The Kier molecular flexibility index (Phi) is 10.5. The van der Waals surface area contributed by atoms with Crippen LogP contribution < -0.4 is 4.90 Å². The Morgan fingerprint density at radius 3 is 2.00 bits per heavy atom. The molecule has 0 spiro atoms. The summed E-state index contributed by atoms with van der Waals surface area (Å²) in [6.07, 6.45) is 2.12. The minimum absolute atomic E-state index is 0.0405. The third-order valence-electron chi connectivity index (χ3n) is 5.74. The number of anilines is 1. The highest BCUT2D eigenvalue weighted by atomic mass is 32.2. The molecule has 0 atom stereocenters. The van der Waals surface area contributed by atoms with Crippen LogP contribution in [0.4, 0.5) is 5.69 Å². The summed E-state index contributed by atoms with van der Waals surface area (Å²) >= 11 is 1.50. The molecule has 37 heavy (non-hydrogen) atoms. The molecule has 0 aliphatic carbocycles. The molecule has 1 N–H and O–H groups in total. The van der Waals surface area contributed by atoms with Gasteiger partial charge in [-0.05, 0) is 98.6 Å². The van der Waals surface area contributed by atoms with Crippen molar-refractivity contribution in [3.05, 3.63) is 99.5 Å². The molecule has 1 amide bonds. The van der Waals surface area contributed by atoms with Crippen LogP contribution in [0.3, 0.4) is 0 Å². The van der Waals surface area contributed by atoms with Gasteiger partial charge in [0.05, 0.1) is 18.7 Å². The molecule has 198 valence electrons. The zero-order chi connectivity index (χ0) is 27.9. The van der Waals surface area contributed by atoms with E-state index >= 15 is 0 Å². The molecule has 0 heterocycles. The van der Waals surface area contributed by atoms with Gasteiger partial charge in [0.1, 0.15) is 0 Å². The van der Waals surface area contributed by atoms with Crippen molar-refractivity contribution in [2.45, 2.75) is 60.4 Å². The van der Waals surface area contributed by atoms with Crippen molar-refractivity contribution in [2.75, 3.05) is 18.5 Å². The summed E-state index contributed by atoms with van der Waals surface area (Å²) in [5.41, 5.74) is 6.36. The SMILES string of the molecule is C=C(C)/C(SN(C)CC(=O)N(Cc1ccc(C(C)(C)C)cc1)c1ccc(C(=O)O)cc1)=C(/C)C=C(C)C. The highest BCUT2D eigenvalue weighted by molar-refractivity contribution is 8.01. The lowest BCUT2D eigenvalue weighted by Gasteiger charge is -2.27. The summed E-state index contributed by atoms with van der Waals surface area (Å²) in [4.78, 5) is 27.7. The summed E-state index contributed by atoms with van der Waals surface area (Å²) in [5.74, 6) is -1.08. The van der Waals surface area contributed by atoms with Crippen LogP contribution in [0.2, 0.25) is 0 Å². The lowest BCUT2D eigenvalue weighted by atomic mass is 9.87. The summed E-state index contributed by atoms with van der Waals surface area (Å²) in [5, 5.41) is 9.29. The smallest absolute Gasteiger partial charge is 0.335 e. The van der Waals surface area contributed by atoms with E-state index in [-0.39, 0.29) is 23.4 Å². The first kappa shape index (κ1) is 30.1. The Morgan fingerprint density at radius 1 is 0.973 bits per heavy atom. The summed E-state index contributed by atoms with van der Waals surface area (Å²) in [6.45, 7) is 19.3. The molecule has 0 saturated carbocycles. The monoisotopic (exact) mass is 520 g/mol. The first-order valence-electron chi connectivity index (χ1n) is 12.3. The van der Waals surface area contributed by atoms with Gasteiger partial charge >= 0.3 is 5.97 Å². The molecule has 2 aromatic rings. The minimum atomic E-state index is -0.996. The molecule has 0 aliphatic heterocycles.